The minimum atomic E-state index is -0.396. The molecule has 1 heterocycles. The molecule has 3 N–H and O–H groups in total. The van der Waals surface area contributed by atoms with Gasteiger partial charge in [-0.05, 0) is 32.3 Å². The number of nitrogen functional groups attached to an aromatic ring is 1. The lowest BCUT2D eigenvalue weighted by molar-refractivity contribution is 0.126. The quantitative estimate of drug-likeness (QED) is 0.603. The predicted molar refractivity (Wildman–Crippen MR) is 84.0 cm³/mol. The maximum atomic E-state index is 14.0. The Bertz CT molecular complexity index is 603. The number of nitrogens with zero attached hydrogens (tertiary/aromatic N) is 2. The molecule has 0 aliphatic carbocycles. The van der Waals surface area contributed by atoms with Crippen molar-refractivity contribution in [1.82, 2.24) is 9.88 Å². The lowest BCUT2D eigenvalue weighted by Crippen LogP contribution is -2.20. The molecule has 0 spiro atoms. The number of likely N-dealkylation sites (N-methyl/N-ethyl adjacent to an activating group) is 1. The number of aromatic nitrogens is 1. The van der Waals surface area contributed by atoms with E-state index in [1.54, 1.807) is 12.3 Å². The molecule has 0 atom stereocenters. The highest BCUT2D eigenvalue weighted by atomic mass is 19.1. The van der Waals surface area contributed by atoms with Gasteiger partial charge in [0, 0.05) is 30.4 Å². The van der Waals surface area contributed by atoms with E-state index >= 15 is 0 Å². The highest BCUT2D eigenvalue weighted by molar-refractivity contribution is 5.98. The summed E-state index contributed by atoms with van der Waals surface area (Å²) in [6, 6.07) is 4.93. The summed E-state index contributed by atoms with van der Waals surface area (Å²) in [7, 11) is 3.98. The number of rotatable bonds is 7. The van der Waals surface area contributed by atoms with Crippen LogP contribution in [-0.4, -0.2) is 50.3 Å². The predicted octanol–water partition coefficient (Wildman–Crippen LogP) is 1.95. The Kier molecular flexibility index (Phi) is 5.30. The van der Waals surface area contributed by atoms with Crippen LogP contribution >= 0.6 is 0 Å². The van der Waals surface area contributed by atoms with Gasteiger partial charge < -0.3 is 20.7 Å². The average molecular weight is 292 g/mol. The second kappa shape index (κ2) is 7.19. The van der Waals surface area contributed by atoms with Crippen molar-refractivity contribution in [3.63, 3.8) is 0 Å². The molecule has 1 aromatic carbocycles. The van der Waals surface area contributed by atoms with Crippen molar-refractivity contribution in [2.45, 2.75) is 0 Å². The van der Waals surface area contributed by atoms with Crippen LogP contribution in [0.2, 0.25) is 0 Å². The summed E-state index contributed by atoms with van der Waals surface area (Å²) in [5.74, 6) is -0.396. The molecule has 114 valence electrons. The standard InChI is InChI=1S/C15H21FN4O/c1-20(2)7-9-21-8-6-19-15-12(16)10-13(17)11-4-3-5-18-14(11)15/h3-5,10,19H,6-9,17H2,1-2H3. The molecule has 0 saturated heterocycles. The van der Waals surface area contributed by atoms with Crippen LogP contribution in [0.5, 0.6) is 0 Å². The largest absolute Gasteiger partial charge is 0.398 e. The van der Waals surface area contributed by atoms with Gasteiger partial charge in [0.05, 0.1) is 24.4 Å². The number of pyridine rings is 1. The van der Waals surface area contributed by atoms with E-state index in [9.17, 15) is 4.39 Å². The number of halogens is 1. The van der Waals surface area contributed by atoms with E-state index in [0.29, 0.717) is 36.6 Å². The summed E-state index contributed by atoms with van der Waals surface area (Å²) in [6.45, 7) is 2.53. The molecular weight excluding hydrogens is 271 g/mol. The molecule has 0 aliphatic rings. The fraction of sp³-hybridized carbons (Fsp3) is 0.400. The monoisotopic (exact) mass is 292 g/mol. The molecular formula is C15H21FN4O. The van der Waals surface area contributed by atoms with E-state index in [1.165, 1.54) is 6.07 Å². The second-order valence-electron chi connectivity index (χ2n) is 5.06. The molecule has 0 radical (unpaired) electrons. The summed E-state index contributed by atoms with van der Waals surface area (Å²) in [5.41, 5.74) is 7.12. The van der Waals surface area contributed by atoms with Gasteiger partial charge in [-0.25, -0.2) is 4.39 Å². The normalized spacial score (nSPS) is 11.2. The number of nitrogens with one attached hydrogen (secondary N) is 1. The van der Waals surface area contributed by atoms with E-state index in [0.717, 1.165) is 11.9 Å². The molecule has 5 nitrogen and oxygen atoms in total. The smallest absolute Gasteiger partial charge is 0.150 e. The number of nitrogens with two attached hydrogens (primary N) is 1. The minimum absolute atomic E-state index is 0.371. The first kappa shape index (κ1) is 15.5. The molecule has 0 bridgehead atoms. The maximum absolute atomic E-state index is 14.0. The van der Waals surface area contributed by atoms with Crippen molar-refractivity contribution in [2.24, 2.45) is 0 Å². The number of benzene rings is 1. The van der Waals surface area contributed by atoms with Gasteiger partial charge in [0.25, 0.3) is 0 Å². The topological polar surface area (TPSA) is 63.4 Å². The number of hydrogen-bond donors (Lipinski definition) is 2. The first-order chi connectivity index (χ1) is 10.1. The van der Waals surface area contributed by atoms with Gasteiger partial charge >= 0.3 is 0 Å². The minimum Gasteiger partial charge on any atom is -0.398 e. The van der Waals surface area contributed by atoms with Crippen molar-refractivity contribution in [3.05, 3.63) is 30.2 Å². The van der Waals surface area contributed by atoms with Crippen LogP contribution in [0.4, 0.5) is 15.8 Å². The maximum Gasteiger partial charge on any atom is 0.150 e. The van der Waals surface area contributed by atoms with E-state index in [2.05, 4.69) is 10.3 Å². The van der Waals surface area contributed by atoms with Crippen molar-refractivity contribution < 1.29 is 9.13 Å². The lowest BCUT2D eigenvalue weighted by Gasteiger charge is -2.13. The van der Waals surface area contributed by atoms with Gasteiger partial charge in [-0.1, -0.05) is 0 Å². The van der Waals surface area contributed by atoms with Crippen LogP contribution in [-0.2, 0) is 4.74 Å². The molecule has 0 fully saturated rings. The zero-order valence-electron chi connectivity index (χ0n) is 12.4. The zero-order chi connectivity index (χ0) is 15.2. The molecule has 0 saturated carbocycles. The molecule has 0 unspecified atom stereocenters. The molecule has 21 heavy (non-hydrogen) atoms. The summed E-state index contributed by atoms with van der Waals surface area (Å²) >= 11 is 0. The summed E-state index contributed by atoms with van der Waals surface area (Å²) < 4.78 is 19.5. The number of ether oxygens (including phenoxy) is 1. The van der Waals surface area contributed by atoms with Crippen LogP contribution in [0.1, 0.15) is 0 Å². The third-order valence-corrected chi connectivity index (χ3v) is 3.11. The van der Waals surface area contributed by atoms with Crippen LogP contribution in [0, 0.1) is 5.82 Å². The molecule has 0 aliphatic heterocycles. The highest BCUT2D eigenvalue weighted by Crippen LogP contribution is 2.29. The molecule has 0 amide bonds. The summed E-state index contributed by atoms with van der Waals surface area (Å²) in [4.78, 5) is 6.26. The second-order valence-corrected chi connectivity index (χ2v) is 5.06. The Labute approximate surface area is 123 Å². The Morgan fingerprint density at radius 3 is 2.95 bits per heavy atom. The molecule has 2 aromatic rings. The molecule has 2 rings (SSSR count). The molecule has 6 heteroatoms. The number of hydrogen-bond acceptors (Lipinski definition) is 5. The Balaban J connectivity index is 1.99. The first-order valence-electron chi connectivity index (χ1n) is 6.88. The first-order valence-corrected chi connectivity index (χ1v) is 6.88. The van der Waals surface area contributed by atoms with E-state index in [4.69, 9.17) is 10.5 Å². The van der Waals surface area contributed by atoms with Crippen LogP contribution in [0.25, 0.3) is 10.9 Å². The van der Waals surface area contributed by atoms with E-state index in [-0.39, 0.29) is 0 Å². The van der Waals surface area contributed by atoms with E-state index in [1.807, 2.05) is 25.1 Å². The van der Waals surface area contributed by atoms with Crippen molar-refractivity contribution in [2.75, 3.05) is 51.4 Å². The Hall–Kier alpha value is -1.92. The number of fused-ring (bicyclic) bond motifs is 1. The van der Waals surface area contributed by atoms with Crippen LogP contribution in [0.3, 0.4) is 0 Å². The fourth-order valence-electron chi connectivity index (χ4n) is 2.00. The van der Waals surface area contributed by atoms with Gasteiger partial charge in [0.1, 0.15) is 0 Å². The average Bonchev–Trinajstić information content (AvgIpc) is 2.45. The zero-order valence-corrected chi connectivity index (χ0v) is 12.4. The third kappa shape index (κ3) is 4.03. The van der Waals surface area contributed by atoms with Crippen molar-refractivity contribution in [3.8, 4) is 0 Å². The number of anilines is 2. The van der Waals surface area contributed by atoms with Gasteiger partial charge in [0.15, 0.2) is 5.82 Å². The Morgan fingerprint density at radius 1 is 1.38 bits per heavy atom. The van der Waals surface area contributed by atoms with Crippen LogP contribution < -0.4 is 11.1 Å². The van der Waals surface area contributed by atoms with Gasteiger partial charge in [-0.15, -0.1) is 0 Å². The van der Waals surface area contributed by atoms with Crippen molar-refractivity contribution >= 4 is 22.3 Å². The summed E-state index contributed by atoms with van der Waals surface area (Å²) in [6.07, 6.45) is 1.62. The highest BCUT2D eigenvalue weighted by Gasteiger charge is 2.11. The van der Waals surface area contributed by atoms with Gasteiger partial charge in [0.2, 0.25) is 0 Å². The summed E-state index contributed by atoms with van der Waals surface area (Å²) in [5, 5.41) is 3.78. The van der Waals surface area contributed by atoms with E-state index < -0.39 is 5.82 Å². The van der Waals surface area contributed by atoms with Gasteiger partial charge in [-0.2, -0.15) is 0 Å². The third-order valence-electron chi connectivity index (χ3n) is 3.11. The van der Waals surface area contributed by atoms with Crippen molar-refractivity contribution in [1.29, 1.82) is 0 Å². The molecule has 1 aromatic heterocycles. The van der Waals surface area contributed by atoms with Crippen LogP contribution in [0.15, 0.2) is 24.4 Å². The fourth-order valence-corrected chi connectivity index (χ4v) is 2.00. The van der Waals surface area contributed by atoms with Gasteiger partial charge in [-0.3, -0.25) is 4.98 Å². The lowest BCUT2D eigenvalue weighted by atomic mass is 10.1. The Morgan fingerprint density at radius 2 is 2.19 bits per heavy atom. The SMILES string of the molecule is CN(C)CCOCCNc1c(F)cc(N)c2cccnc12.